The number of nitrogens with zero attached hydrogens (tertiary/aromatic N) is 1. The molecule has 1 aromatic carbocycles. The van der Waals surface area contributed by atoms with E-state index >= 15 is 0 Å². The second-order valence-corrected chi connectivity index (χ2v) is 3.54. The third-order valence-corrected chi connectivity index (χ3v) is 2.15. The number of nitro benzene ring substituents is 1. The maximum Gasteiger partial charge on any atom is 0.275 e. The first-order chi connectivity index (χ1) is 7.41. The maximum atomic E-state index is 12.9. The van der Waals surface area contributed by atoms with E-state index in [1.54, 1.807) is 0 Å². The maximum absolute atomic E-state index is 12.9. The van der Waals surface area contributed by atoms with Gasteiger partial charge >= 0.3 is 0 Å². The van der Waals surface area contributed by atoms with Crippen molar-refractivity contribution in [1.29, 1.82) is 0 Å². The van der Waals surface area contributed by atoms with E-state index < -0.39 is 28.3 Å². The molecule has 0 bridgehead atoms. The zero-order valence-corrected chi connectivity index (χ0v) is 8.61. The lowest BCUT2D eigenvalue weighted by molar-refractivity contribution is -0.385. The van der Waals surface area contributed by atoms with Crippen LogP contribution in [0.5, 0.6) is 0 Å². The molecule has 0 saturated heterocycles. The van der Waals surface area contributed by atoms with E-state index in [2.05, 4.69) is 0 Å². The van der Waals surface area contributed by atoms with Gasteiger partial charge in [-0.25, -0.2) is 8.78 Å². The van der Waals surface area contributed by atoms with Crippen molar-refractivity contribution in [1.82, 2.24) is 0 Å². The summed E-state index contributed by atoms with van der Waals surface area (Å²) >= 11 is 0. The molecule has 1 N–H and O–H groups in total. The Morgan fingerprint density at radius 2 is 2.00 bits per heavy atom. The third-order valence-electron chi connectivity index (χ3n) is 2.15. The summed E-state index contributed by atoms with van der Waals surface area (Å²) in [6.07, 6.45) is -0.260. The minimum absolute atomic E-state index is 0.0878. The van der Waals surface area contributed by atoms with Crippen LogP contribution in [0.1, 0.15) is 18.9 Å². The Hall–Kier alpha value is -1.56. The van der Waals surface area contributed by atoms with Crippen LogP contribution in [-0.4, -0.2) is 16.1 Å². The molecule has 0 radical (unpaired) electrons. The van der Waals surface area contributed by atoms with E-state index in [-0.39, 0.29) is 18.4 Å². The molecule has 0 saturated carbocycles. The van der Waals surface area contributed by atoms with E-state index in [0.717, 1.165) is 6.07 Å². The highest BCUT2D eigenvalue weighted by Crippen LogP contribution is 2.23. The van der Waals surface area contributed by atoms with E-state index in [0.29, 0.717) is 6.07 Å². The minimum atomic E-state index is -1.24. The Morgan fingerprint density at radius 3 is 2.50 bits per heavy atom. The van der Waals surface area contributed by atoms with Gasteiger partial charge in [-0.05, 0) is 25.8 Å². The molecule has 1 aromatic rings. The monoisotopic (exact) mass is 231 g/mol. The van der Waals surface area contributed by atoms with Crippen LogP contribution in [0, 0.1) is 21.7 Å². The molecular weight excluding hydrogens is 220 g/mol. The van der Waals surface area contributed by atoms with Gasteiger partial charge < -0.3 is 5.11 Å². The Balaban J connectivity index is 3.05. The zero-order chi connectivity index (χ0) is 12.3. The molecule has 0 amide bonds. The largest absolute Gasteiger partial charge is 0.393 e. The molecule has 4 nitrogen and oxygen atoms in total. The topological polar surface area (TPSA) is 63.4 Å². The number of aryl methyl sites for hydroxylation is 1. The first-order valence-corrected chi connectivity index (χ1v) is 4.72. The summed E-state index contributed by atoms with van der Waals surface area (Å²) in [5.41, 5.74) is -0.371. The zero-order valence-electron chi connectivity index (χ0n) is 8.61. The lowest BCUT2D eigenvalue weighted by Crippen LogP contribution is -2.04. The summed E-state index contributed by atoms with van der Waals surface area (Å²) in [7, 11) is 0. The predicted molar refractivity (Wildman–Crippen MR) is 53.0 cm³/mol. The summed E-state index contributed by atoms with van der Waals surface area (Å²) in [6, 6.07) is 1.36. The molecule has 0 aliphatic rings. The average molecular weight is 231 g/mol. The summed E-state index contributed by atoms with van der Waals surface area (Å²) in [5, 5.41) is 19.6. The molecule has 1 rings (SSSR count). The van der Waals surface area contributed by atoms with Gasteiger partial charge in [0.1, 0.15) is 0 Å². The first-order valence-electron chi connectivity index (χ1n) is 4.72. The van der Waals surface area contributed by atoms with Crippen molar-refractivity contribution in [3.05, 3.63) is 39.4 Å². The molecule has 0 heterocycles. The molecule has 1 unspecified atom stereocenters. The van der Waals surface area contributed by atoms with Crippen molar-refractivity contribution in [2.45, 2.75) is 25.9 Å². The Morgan fingerprint density at radius 1 is 1.44 bits per heavy atom. The van der Waals surface area contributed by atoms with Crippen LogP contribution >= 0.6 is 0 Å². The summed E-state index contributed by atoms with van der Waals surface area (Å²) in [4.78, 5) is 9.82. The van der Waals surface area contributed by atoms with Gasteiger partial charge in [-0.1, -0.05) is 0 Å². The highest BCUT2D eigenvalue weighted by Gasteiger charge is 2.18. The molecule has 0 aliphatic carbocycles. The average Bonchev–Trinajstić information content (AvgIpc) is 2.18. The van der Waals surface area contributed by atoms with Crippen LogP contribution in [0.15, 0.2) is 12.1 Å². The number of rotatable bonds is 4. The lowest BCUT2D eigenvalue weighted by atomic mass is 10.1. The fourth-order valence-corrected chi connectivity index (χ4v) is 1.31. The number of benzene rings is 1. The van der Waals surface area contributed by atoms with Crippen molar-refractivity contribution in [2.24, 2.45) is 0 Å². The standard InChI is InChI=1S/C10H11F2NO3/c1-6(14)2-3-7-4-8(11)9(12)5-10(7)13(15)16/h4-6,14H,2-3H2,1H3. The summed E-state index contributed by atoms with van der Waals surface area (Å²) < 4.78 is 25.7. The predicted octanol–water partition coefficient (Wildman–Crippen LogP) is 2.19. The normalized spacial score (nSPS) is 12.5. The van der Waals surface area contributed by atoms with Crippen LogP contribution in [0.3, 0.4) is 0 Å². The second kappa shape index (κ2) is 4.98. The van der Waals surface area contributed by atoms with Gasteiger partial charge in [0, 0.05) is 5.56 Å². The molecule has 0 spiro atoms. The van der Waals surface area contributed by atoms with E-state index in [9.17, 15) is 18.9 Å². The highest BCUT2D eigenvalue weighted by molar-refractivity contribution is 5.41. The first kappa shape index (κ1) is 12.5. The van der Waals surface area contributed by atoms with Crippen LogP contribution in [-0.2, 0) is 6.42 Å². The number of aliphatic hydroxyl groups excluding tert-OH is 1. The van der Waals surface area contributed by atoms with Crippen LogP contribution in [0.2, 0.25) is 0 Å². The second-order valence-electron chi connectivity index (χ2n) is 3.54. The van der Waals surface area contributed by atoms with Crippen LogP contribution < -0.4 is 0 Å². The van der Waals surface area contributed by atoms with Gasteiger partial charge in [0.2, 0.25) is 0 Å². The van der Waals surface area contributed by atoms with Gasteiger partial charge in [0.05, 0.1) is 17.1 Å². The Kier molecular flexibility index (Phi) is 3.89. The number of hydrogen-bond acceptors (Lipinski definition) is 3. The molecular formula is C10H11F2NO3. The molecule has 0 fully saturated rings. The Bertz CT molecular complexity index is 407. The SMILES string of the molecule is CC(O)CCc1cc(F)c(F)cc1[N+](=O)[O-]. The van der Waals surface area contributed by atoms with Crippen molar-refractivity contribution in [3.8, 4) is 0 Å². The van der Waals surface area contributed by atoms with Gasteiger partial charge in [-0.2, -0.15) is 0 Å². The lowest BCUT2D eigenvalue weighted by Gasteiger charge is -2.05. The number of aliphatic hydroxyl groups is 1. The van der Waals surface area contributed by atoms with Gasteiger partial charge in [-0.3, -0.25) is 10.1 Å². The summed E-state index contributed by atoms with van der Waals surface area (Å²) in [6.45, 7) is 1.52. The van der Waals surface area contributed by atoms with Gasteiger partial charge in [0.15, 0.2) is 11.6 Å². The highest BCUT2D eigenvalue weighted by atomic mass is 19.2. The van der Waals surface area contributed by atoms with Crippen LogP contribution in [0.25, 0.3) is 0 Å². The van der Waals surface area contributed by atoms with Gasteiger partial charge in [-0.15, -0.1) is 0 Å². The third kappa shape index (κ3) is 2.96. The fraction of sp³-hybridized carbons (Fsp3) is 0.400. The Labute approximate surface area is 90.7 Å². The number of halogens is 2. The van der Waals surface area contributed by atoms with Crippen molar-refractivity contribution < 1.29 is 18.8 Å². The number of nitro groups is 1. The molecule has 1 atom stereocenters. The number of hydrogen-bond donors (Lipinski definition) is 1. The van der Waals surface area contributed by atoms with E-state index in [1.807, 2.05) is 0 Å². The molecule has 16 heavy (non-hydrogen) atoms. The van der Waals surface area contributed by atoms with E-state index in [4.69, 9.17) is 5.11 Å². The quantitative estimate of drug-likeness (QED) is 0.638. The van der Waals surface area contributed by atoms with Crippen molar-refractivity contribution in [3.63, 3.8) is 0 Å². The van der Waals surface area contributed by atoms with Crippen molar-refractivity contribution in [2.75, 3.05) is 0 Å². The van der Waals surface area contributed by atoms with E-state index in [1.165, 1.54) is 6.92 Å². The van der Waals surface area contributed by atoms with Crippen molar-refractivity contribution >= 4 is 5.69 Å². The minimum Gasteiger partial charge on any atom is -0.393 e. The molecule has 6 heteroatoms. The van der Waals surface area contributed by atoms with Crippen LogP contribution in [0.4, 0.5) is 14.5 Å². The van der Waals surface area contributed by atoms with Gasteiger partial charge in [0.25, 0.3) is 5.69 Å². The molecule has 0 aliphatic heterocycles. The molecule has 0 aromatic heterocycles. The fourth-order valence-electron chi connectivity index (χ4n) is 1.31. The smallest absolute Gasteiger partial charge is 0.275 e. The molecule has 88 valence electrons. The summed E-state index contributed by atoms with van der Waals surface area (Å²) in [5.74, 6) is -2.36.